The average Bonchev–Trinajstić information content (AvgIpc) is 2.06. The van der Waals surface area contributed by atoms with Crippen LogP contribution >= 0.6 is 0 Å². The molecule has 1 rings (SSSR count). The highest BCUT2D eigenvalue weighted by Gasteiger charge is 2.45. The van der Waals surface area contributed by atoms with Crippen LogP contribution in [0.4, 0.5) is 0 Å². The van der Waals surface area contributed by atoms with Crippen LogP contribution in [-0.2, 0) is 0 Å². The van der Waals surface area contributed by atoms with Crippen molar-refractivity contribution < 1.29 is 0 Å². The van der Waals surface area contributed by atoms with Gasteiger partial charge in [-0.15, -0.1) is 0 Å². The maximum absolute atomic E-state index is 2.46. The molecule has 0 heteroatoms. The lowest BCUT2D eigenvalue weighted by Crippen LogP contribution is -2.40. The molecule has 0 radical (unpaired) electrons. The van der Waals surface area contributed by atoms with Gasteiger partial charge in [-0.3, -0.25) is 0 Å². The Morgan fingerprint density at radius 2 is 1.08 bits per heavy atom. The molecule has 2 atom stereocenters. The molecule has 0 aromatic rings. The predicted molar refractivity (Wildman–Crippen MR) is 59.7 cm³/mol. The van der Waals surface area contributed by atoms with E-state index >= 15 is 0 Å². The second-order valence-electron chi connectivity index (χ2n) is 6.18. The summed E-state index contributed by atoms with van der Waals surface area (Å²) in [5.74, 6) is 1.74. The van der Waals surface area contributed by atoms with Crippen LogP contribution in [0, 0.1) is 22.7 Å². The topological polar surface area (TPSA) is 0 Å². The van der Waals surface area contributed by atoms with Crippen LogP contribution in [0.1, 0.15) is 60.8 Å². The third kappa shape index (κ3) is 1.65. The maximum atomic E-state index is 2.46. The molecule has 1 fully saturated rings. The highest BCUT2D eigenvalue weighted by atomic mass is 14.5. The van der Waals surface area contributed by atoms with Crippen molar-refractivity contribution in [3.05, 3.63) is 0 Å². The Morgan fingerprint density at radius 1 is 0.769 bits per heavy atom. The van der Waals surface area contributed by atoms with Crippen LogP contribution in [0.2, 0.25) is 0 Å². The average molecular weight is 182 g/mol. The van der Waals surface area contributed by atoms with Crippen LogP contribution in [0.15, 0.2) is 0 Å². The first-order chi connectivity index (χ1) is 5.80. The van der Waals surface area contributed by atoms with Crippen LogP contribution in [0.3, 0.4) is 0 Å². The highest BCUT2D eigenvalue weighted by Crippen LogP contribution is 2.53. The molecule has 0 nitrogen and oxygen atoms in total. The quantitative estimate of drug-likeness (QED) is 0.484. The lowest BCUT2D eigenvalue weighted by atomic mass is 9.57. The summed E-state index contributed by atoms with van der Waals surface area (Å²) in [6.45, 7) is 14.7. The van der Waals surface area contributed by atoms with Gasteiger partial charge in [0.1, 0.15) is 0 Å². The molecule has 0 aromatic carbocycles. The Morgan fingerprint density at radius 3 is 1.38 bits per heavy atom. The van der Waals surface area contributed by atoms with Gasteiger partial charge in [0.15, 0.2) is 0 Å². The van der Waals surface area contributed by atoms with E-state index in [0.29, 0.717) is 10.8 Å². The normalized spacial score (nSPS) is 38.3. The summed E-state index contributed by atoms with van der Waals surface area (Å²) in [7, 11) is 0. The second-order valence-corrected chi connectivity index (χ2v) is 6.18. The van der Waals surface area contributed by atoms with Crippen molar-refractivity contribution in [2.45, 2.75) is 60.8 Å². The zero-order chi connectivity index (χ0) is 10.3. The van der Waals surface area contributed by atoms with E-state index in [2.05, 4.69) is 41.5 Å². The Hall–Kier alpha value is 0. The van der Waals surface area contributed by atoms with E-state index in [-0.39, 0.29) is 0 Å². The molecule has 78 valence electrons. The molecular weight excluding hydrogens is 156 g/mol. The molecule has 0 heterocycles. The molecule has 0 saturated heterocycles. The first-order valence-electron chi connectivity index (χ1n) is 5.80. The van der Waals surface area contributed by atoms with Crippen molar-refractivity contribution in [1.29, 1.82) is 0 Å². The third-order valence-electron chi connectivity index (χ3n) is 5.40. The molecule has 13 heavy (non-hydrogen) atoms. The van der Waals surface area contributed by atoms with E-state index in [4.69, 9.17) is 0 Å². The Balaban J connectivity index is 2.98. The molecule has 1 saturated carbocycles. The highest BCUT2D eigenvalue weighted by molar-refractivity contribution is 4.94. The second kappa shape index (κ2) is 3.29. The molecular formula is C13H26. The Bertz CT molecular complexity index is 156. The molecule has 0 aliphatic heterocycles. The van der Waals surface area contributed by atoms with Crippen LogP contribution in [0.25, 0.3) is 0 Å². The fraction of sp³-hybridized carbons (Fsp3) is 1.00. The fourth-order valence-corrected chi connectivity index (χ4v) is 2.72. The van der Waals surface area contributed by atoms with Gasteiger partial charge < -0.3 is 0 Å². The Labute approximate surface area is 84.1 Å². The number of hydrogen-bond acceptors (Lipinski definition) is 0. The fourth-order valence-electron chi connectivity index (χ4n) is 2.72. The van der Waals surface area contributed by atoms with Gasteiger partial charge in [0.25, 0.3) is 0 Å². The summed E-state index contributed by atoms with van der Waals surface area (Å²) in [5.41, 5.74) is 0.978. The smallest absolute Gasteiger partial charge is 0.0275 e. The van der Waals surface area contributed by atoms with E-state index < -0.39 is 0 Å². The van der Waals surface area contributed by atoms with Crippen molar-refractivity contribution >= 4 is 0 Å². The monoisotopic (exact) mass is 182 g/mol. The lowest BCUT2D eigenvalue weighted by molar-refractivity contribution is 0.0135. The SMILES string of the molecule is CC1CCCC(C)C(C)(C)C1(C)C. The van der Waals surface area contributed by atoms with Crippen molar-refractivity contribution in [2.24, 2.45) is 22.7 Å². The van der Waals surface area contributed by atoms with E-state index in [9.17, 15) is 0 Å². The number of rotatable bonds is 0. The predicted octanol–water partition coefficient (Wildman–Crippen LogP) is 4.49. The van der Waals surface area contributed by atoms with Gasteiger partial charge in [0.05, 0.1) is 0 Å². The summed E-state index contributed by atoms with van der Waals surface area (Å²) in [5, 5.41) is 0. The van der Waals surface area contributed by atoms with Crippen LogP contribution in [-0.4, -0.2) is 0 Å². The van der Waals surface area contributed by atoms with E-state index in [1.165, 1.54) is 19.3 Å². The van der Waals surface area contributed by atoms with Crippen molar-refractivity contribution in [2.75, 3.05) is 0 Å². The van der Waals surface area contributed by atoms with Crippen LogP contribution < -0.4 is 0 Å². The minimum Gasteiger partial charge on any atom is -0.0620 e. The van der Waals surface area contributed by atoms with Crippen molar-refractivity contribution in [3.8, 4) is 0 Å². The molecule has 1 aliphatic carbocycles. The summed E-state index contributed by atoms with van der Waals surface area (Å²) in [6.07, 6.45) is 4.26. The van der Waals surface area contributed by atoms with Gasteiger partial charge in [-0.05, 0) is 22.7 Å². The zero-order valence-electron chi connectivity index (χ0n) is 10.3. The Kier molecular flexibility index (Phi) is 2.81. The molecule has 0 spiro atoms. The van der Waals surface area contributed by atoms with E-state index in [1.807, 2.05) is 0 Å². The minimum absolute atomic E-state index is 0.489. The largest absolute Gasteiger partial charge is 0.0620 e. The standard InChI is InChI=1S/C13H26/c1-10-8-7-9-11(2)13(5,6)12(10,3)4/h10-11H,7-9H2,1-6H3. The van der Waals surface area contributed by atoms with Gasteiger partial charge >= 0.3 is 0 Å². The maximum Gasteiger partial charge on any atom is -0.0275 e. The van der Waals surface area contributed by atoms with Crippen molar-refractivity contribution in [3.63, 3.8) is 0 Å². The third-order valence-corrected chi connectivity index (χ3v) is 5.40. The molecule has 2 unspecified atom stereocenters. The van der Waals surface area contributed by atoms with Gasteiger partial charge in [-0.25, -0.2) is 0 Å². The molecule has 0 amide bonds. The van der Waals surface area contributed by atoms with E-state index in [0.717, 1.165) is 11.8 Å². The molecule has 0 N–H and O–H groups in total. The minimum atomic E-state index is 0.489. The van der Waals surface area contributed by atoms with Gasteiger partial charge in [0.2, 0.25) is 0 Å². The van der Waals surface area contributed by atoms with Gasteiger partial charge in [0, 0.05) is 0 Å². The van der Waals surface area contributed by atoms with Gasteiger partial charge in [-0.1, -0.05) is 60.8 Å². The molecule has 0 aromatic heterocycles. The summed E-state index contributed by atoms with van der Waals surface area (Å²) < 4.78 is 0. The van der Waals surface area contributed by atoms with Gasteiger partial charge in [-0.2, -0.15) is 0 Å². The summed E-state index contributed by atoms with van der Waals surface area (Å²) >= 11 is 0. The number of hydrogen-bond donors (Lipinski definition) is 0. The van der Waals surface area contributed by atoms with E-state index in [1.54, 1.807) is 0 Å². The summed E-state index contributed by atoms with van der Waals surface area (Å²) in [4.78, 5) is 0. The first-order valence-corrected chi connectivity index (χ1v) is 5.80. The van der Waals surface area contributed by atoms with Crippen molar-refractivity contribution in [1.82, 2.24) is 0 Å². The first kappa shape index (κ1) is 11.1. The molecule has 1 aliphatic rings. The molecule has 0 bridgehead atoms. The zero-order valence-corrected chi connectivity index (χ0v) is 10.3. The summed E-state index contributed by atoms with van der Waals surface area (Å²) in [6, 6.07) is 0. The van der Waals surface area contributed by atoms with Crippen LogP contribution in [0.5, 0.6) is 0 Å². The lowest BCUT2D eigenvalue weighted by Gasteiger charge is -2.47.